The summed E-state index contributed by atoms with van der Waals surface area (Å²) in [5, 5.41) is 8.02. The monoisotopic (exact) mass is 1360 g/mol. The van der Waals surface area contributed by atoms with Gasteiger partial charge in [0.25, 0.3) is 13.4 Å². The smallest absolute Gasteiger partial charge is 0.260 e. The van der Waals surface area contributed by atoms with Gasteiger partial charge in [-0.3, -0.25) is 4.40 Å². The van der Waals surface area contributed by atoms with Gasteiger partial charge in [0.15, 0.2) is 22.3 Å². The zero-order chi connectivity index (χ0) is 69.7. The summed E-state index contributed by atoms with van der Waals surface area (Å²) in [5.41, 5.74) is 26.7. The summed E-state index contributed by atoms with van der Waals surface area (Å²) in [7, 11) is 0. The molecule has 0 N–H and O–H groups in total. The molecule has 0 amide bonds. The standard InChI is InChI=1S/C96H60B2N2O6/c1-95(2)65-27-9-14-32-73(65)99-74-33-15-10-28-66(74)96(3,4)68-47-55(46-67(95)91(68)99)57-43-41-53(45-62(57)56-49-83-89-84(50-56)102-78-37-19-12-30-70(78)97(89)69-29-11-18-36-77(69)101-83)54-42-44-80-72(48-54)98-71-31-13-20-38-79(71)103-85-51-63-59-24-6-8-26-61(59)88-64(58-23-5-7-25-60(58)87(63)93(105-80)90(85)98)52-86-92-94(88)106-82-40-22-17-35-76(82)100(92)75-34-16-21-39-81(75)104-86/h5-52H,1-4H3. The van der Waals surface area contributed by atoms with Crippen molar-refractivity contribution in [1.82, 2.24) is 4.40 Å². The number of anilines is 3. The number of hydrogen-bond donors (Lipinski definition) is 0. The van der Waals surface area contributed by atoms with Crippen molar-refractivity contribution in [3.63, 3.8) is 0 Å². The van der Waals surface area contributed by atoms with Crippen LogP contribution in [0, 0.1) is 0 Å². The van der Waals surface area contributed by atoms with Crippen LogP contribution in [-0.2, 0) is 10.8 Å². The SMILES string of the molecule is CC1(C)c2ccccc2N2c3ccccc3C(C)(C)c3cc(-c4ccc(-c5ccc6c(c5)B5c7ccccc7Oc7cc8c9ccccc9c9c(cc%10oc%11ccccc%11n%11c%12ccccc%12oc9c%10%11)c9ccccc9c8c(c75)O6)cc4-c4cc5c6c(c4)Oc4ccccc4B6c4ccccc4O5)cc1c32. The Kier molecular flexibility index (Phi) is 11.5. The first-order valence-electron chi connectivity index (χ1n) is 36.7. The fourth-order valence-corrected chi connectivity index (χ4v) is 19.4. The number of fused-ring (bicyclic) bond motifs is 26. The van der Waals surface area contributed by atoms with E-state index in [0.717, 1.165) is 189 Å². The van der Waals surface area contributed by atoms with Crippen molar-refractivity contribution in [2.75, 3.05) is 4.90 Å². The zero-order valence-electron chi connectivity index (χ0n) is 58.2. The molecule has 8 nitrogen and oxygen atoms in total. The van der Waals surface area contributed by atoms with Crippen molar-refractivity contribution < 1.29 is 27.8 Å². The third kappa shape index (κ3) is 7.73. The maximum atomic E-state index is 7.72. The lowest BCUT2D eigenvalue weighted by Crippen LogP contribution is -2.57. The maximum Gasteiger partial charge on any atom is 0.260 e. The van der Waals surface area contributed by atoms with Crippen LogP contribution in [0.2, 0.25) is 0 Å². The summed E-state index contributed by atoms with van der Waals surface area (Å²) in [6, 6.07) is 105. The van der Waals surface area contributed by atoms with Crippen LogP contribution in [0.15, 0.2) is 300 Å². The van der Waals surface area contributed by atoms with Crippen LogP contribution in [0.5, 0.6) is 46.0 Å². The van der Waals surface area contributed by atoms with Crippen molar-refractivity contribution in [3.8, 4) is 79.4 Å². The Morgan fingerprint density at radius 3 is 1.40 bits per heavy atom. The molecule has 0 saturated heterocycles. The Balaban J connectivity index is 0.737. The van der Waals surface area contributed by atoms with Gasteiger partial charge in [0.1, 0.15) is 51.5 Å². The van der Waals surface area contributed by atoms with E-state index in [2.05, 4.69) is 310 Å². The number of ether oxygens (including phenoxy) is 4. The molecule has 0 bridgehead atoms. The van der Waals surface area contributed by atoms with E-state index in [0.29, 0.717) is 5.58 Å². The molecule has 0 spiro atoms. The Bertz CT molecular complexity index is 6990. The molecule has 2 aromatic heterocycles. The highest BCUT2D eigenvalue weighted by Gasteiger charge is 2.47. The van der Waals surface area contributed by atoms with Gasteiger partial charge in [0, 0.05) is 32.5 Å². The second-order valence-electron chi connectivity index (χ2n) is 30.4. The summed E-state index contributed by atoms with van der Waals surface area (Å²) < 4.78 is 45.8. The molecular formula is C96H60B2N2O6. The van der Waals surface area contributed by atoms with E-state index in [1.165, 1.54) is 39.3 Å². The average Bonchev–Trinajstić information content (AvgIpc) is 0.696. The minimum Gasteiger partial charge on any atom is -0.458 e. The Morgan fingerprint density at radius 1 is 0.302 bits per heavy atom. The topological polar surface area (TPSA) is 70.9 Å². The molecule has 0 fully saturated rings. The molecule has 18 aromatic rings. The molecule has 0 saturated carbocycles. The number of nitrogens with zero attached hydrogens (tertiary/aromatic N) is 2. The minimum absolute atomic E-state index is 0.0697. The van der Waals surface area contributed by atoms with Gasteiger partial charge in [-0.05, 0) is 213 Å². The van der Waals surface area contributed by atoms with Gasteiger partial charge in [-0.1, -0.05) is 216 Å². The Labute approximate surface area is 609 Å². The molecule has 0 radical (unpaired) electrons. The largest absolute Gasteiger partial charge is 0.458 e. The van der Waals surface area contributed by atoms with Gasteiger partial charge in [0.2, 0.25) is 0 Å². The molecule has 8 heterocycles. The minimum atomic E-state index is -0.350. The predicted molar refractivity (Wildman–Crippen MR) is 433 cm³/mol. The van der Waals surface area contributed by atoms with Gasteiger partial charge >= 0.3 is 0 Å². The van der Waals surface area contributed by atoms with Crippen LogP contribution in [0.4, 0.5) is 17.1 Å². The van der Waals surface area contributed by atoms with Crippen LogP contribution in [-0.4, -0.2) is 17.8 Å². The van der Waals surface area contributed by atoms with Gasteiger partial charge in [-0.15, -0.1) is 0 Å². The summed E-state index contributed by atoms with van der Waals surface area (Å²) in [6.45, 7) is 9.27. The maximum absolute atomic E-state index is 7.72. The predicted octanol–water partition coefficient (Wildman–Crippen LogP) is 21.5. The molecule has 0 aliphatic carbocycles. The molecule has 6 aliphatic rings. The third-order valence-electron chi connectivity index (χ3n) is 24.2. The molecule has 106 heavy (non-hydrogen) atoms. The molecule has 0 atom stereocenters. The summed E-state index contributed by atoms with van der Waals surface area (Å²) in [4.78, 5) is 2.54. The van der Waals surface area contributed by atoms with Crippen LogP contribution in [0.25, 0.3) is 115 Å². The quantitative estimate of drug-likeness (QED) is 0.0991. The van der Waals surface area contributed by atoms with E-state index in [9.17, 15) is 0 Å². The summed E-state index contributed by atoms with van der Waals surface area (Å²) in [6.07, 6.45) is 0. The first-order chi connectivity index (χ1) is 52.1. The van der Waals surface area contributed by atoms with E-state index in [4.69, 9.17) is 27.8 Å². The fraction of sp³-hybridized carbons (Fsp3) is 0.0625. The first-order valence-corrected chi connectivity index (χ1v) is 36.7. The molecule has 0 unspecified atom stereocenters. The van der Waals surface area contributed by atoms with E-state index in [1.54, 1.807) is 0 Å². The van der Waals surface area contributed by atoms with Crippen LogP contribution < -0.4 is 56.6 Å². The molecule has 16 aromatic carbocycles. The second-order valence-corrected chi connectivity index (χ2v) is 30.4. The van der Waals surface area contributed by atoms with Crippen LogP contribution in [0.3, 0.4) is 0 Å². The Hall–Kier alpha value is -13.2. The highest BCUT2D eigenvalue weighted by atomic mass is 16.5. The summed E-state index contributed by atoms with van der Waals surface area (Å²) >= 11 is 0. The van der Waals surface area contributed by atoms with Crippen molar-refractivity contribution in [2.24, 2.45) is 0 Å². The van der Waals surface area contributed by atoms with Gasteiger partial charge in [0.05, 0.1) is 28.1 Å². The highest BCUT2D eigenvalue weighted by Crippen LogP contribution is 2.61. The van der Waals surface area contributed by atoms with Crippen LogP contribution in [0.1, 0.15) is 49.9 Å². The Morgan fingerprint density at radius 2 is 0.774 bits per heavy atom. The van der Waals surface area contributed by atoms with Crippen molar-refractivity contribution >= 4 is 145 Å². The van der Waals surface area contributed by atoms with E-state index in [1.807, 2.05) is 18.2 Å². The van der Waals surface area contributed by atoms with Gasteiger partial charge in [-0.2, -0.15) is 0 Å². The van der Waals surface area contributed by atoms with E-state index < -0.39 is 0 Å². The number of rotatable bonds is 3. The van der Waals surface area contributed by atoms with Crippen molar-refractivity contribution in [1.29, 1.82) is 0 Å². The second kappa shape index (κ2) is 20.8. The van der Waals surface area contributed by atoms with E-state index in [-0.39, 0.29) is 24.3 Å². The van der Waals surface area contributed by atoms with Gasteiger partial charge in [-0.25, -0.2) is 0 Å². The lowest BCUT2D eigenvalue weighted by molar-refractivity contribution is 0.465. The highest BCUT2D eigenvalue weighted by molar-refractivity contribution is 6.99. The van der Waals surface area contributed by atoms with E-state index >= 15 is 0 Å². The van der Waals surface area contributed by atoms with Crippen molar-refractivity contribution in [3.05, 3.63) is 313 Å². The molecule has 24 rings (SSSR count). The third-order valence-corrected chi connectivity index (χ3v) is 24.2. The number of para-hydroxylation sites is 9. The summed E-state index contributed by atoms with van der Waals surface area (Å²) in [5.74, 6) is 6.38. The molecule has 10 heteroatoms. The van der Waals surface area contributed by atoms with Gasteiger partial charge < -0.3 is 32.7 Å². The fourth-order valence-electron chi connectivity index (χ4n) is 19.4. The number of hydrogen-bond acceptors (Lipinski definition) is 7. The normalized spacial score (nSPS) is 14.6. The molecule has 6 aliphatic heterocycles. The first kappa shape index (κ1) is 58.3. The molecular weight excluding hydrogens is 1300 g/mol. The number of aromatic nitrogens is 1. The number of benzene rings is 15. The van der Waals surface area contributed by atoms with Crippen LogP contribution >= 0.6 is 0 Å². The lowest BCUT2D eigenvalue weighted by Gasteiger charge is -2.49. The molecule has 496 valence electrons. The van der Waals surface area contributed by atoms with Crippen molar-refractivity contribution in [2.45, 2.75) is 38.5 Å². The zero-order valence-corrected chi connectivity index (χ0v) is 58.2. The lowest BCUT2D eigenvalue weighted by atomic mass is 9.34. The average molecular weight is 1360 g/mol.